The van der Waals surface area contributed by atoms with Gasteiger partial charge in [0, 0.05) is 31.7 Å². The van der Waals surface area contributed by atoms with Crippen molar-refractivity contribution in [2.45, 2.75) is 13.0 Å². The van der Waals surface area contributed by atoms with Crippen molar-refractivity contribution in [1.82, 2.24) is 29.9 Å². The quantitative estimate of drug-likeness (QED) is 0.867. The Hall–Kier alpha value is -2.90. The summed E-state index contributed by atoms with van der Waals surface area (Å²) in [6.45, 7) is 4.27. The minimum absolute atomic E-state index is 0.00207. The van der Waals surface area contributed by atoms with E-state index in [2.05, 4.69) is 15.4 Å². The fraction of sp³-hybridized carbons (Fsp3) is 0.375. The molecule has 2 aliphatic rings. The van der Waals surface area contributed by atoms with Crippen LogP contribution < -0.4 is 5.32 Å². The highest BCUT2D eigenvalue weighted by Gasteiger charge is 2.37. The van der Waals surface area contributed by atoms with Gasteiger partial charge in [-0.25, -0.2) is 14.5 Å². The first-order valence-electron chi connectivity index (χ1n) is 7.93. The lowest BCUT2D eigenvalue weighted by molar-refractivity contribution is 0.0617. The van der Waals surface area contributed by atoms with Crippen LogP contribution in [0.4, 0.5) is 4.79 Å². The van der Waals surface area contributed by atoms with Gasteiger partial charge in [0.15, 0.2) is 0 Å². The molecule has 0 saturated carbocycles. The molecule has 0 bridgehead atoms. The van der Waals surface area contributed by atoms with E-state index in [0.29, 0.717) is 31.7 Å². The zero-order chi connectivity index (χ0) is 16.7. The summed E-state index contributed by atoms with van der Waals surface area (Å²) in [5, 5.41) is 6.95. The van der Waals surface area contributed by atoms with Gasteiger partial charge in [-0.1, -0.05) is 0 Å². The lowest BCUT2D eigenvalue weighted by Gasteiger charge is -2.36. The number of rotatable bonds is 2. The predicted octanol–water partition coefficient (Wildman–Crippen LogP) is 0.425. The van der Waals surface area contributed by atoms with Gasteiger partial charge in [-0.3, -0.25) is 4.79 Å². The lowest BCUT2D eigenvalue weighted by Crippen LogP contribution is -2.53. The van der Waals surface area contributed by atoms with E-state index in [-0.39, 0.29) is 18.0 Å². The third-order valence-corrected chi connectivity index (χ3v) is 4.63. The molecule has 8 nitrogen and oxygen atoms in total. The van der Waals surface area contributed by atoms with Crippen LogP contribution in [0.1, 0.15) is 15.9 Å². The van der Waals surface area contributed by atoms with Crippen LogP contribution in [-0.2, 0) is 0 Å². The molecule has 1 N–H and O–H groups in total. The molecular formula is C16H18N6O2. The lowest BCUT2D eigenvalue weighted by atomic mass is 10.1. The topological polar surface area (TPSA) is 83.4 Å². The minimum atomic E-state index is -0.0277. The Morgan fingerprint density at radius 2 is 2.21 bits per heavy atom. The molecule has 0 radical (unpaired) electrons. The van der Waals surface area contributed by atoms with Crippen LogP contribution in [0.3, 0.4) is 0 Å². The van der Waals surface area contributed by atoms with Gasteiger partial charge in [0.1, 0.15) is 12.7 Å². The molecule has 1 unspecified atom stereocenters. The summed E-state index contributed by atoms with van der Waals surface area (Å²) in [6, 6.07) is 5.63. The highest BCUT2D eigenvalue weighted by molar-refractivity contribution is 5.95. The van der Waals surface area contributed by atoms with Gasteiger partial charge < -0.3 is 15.1 Å². The maximum atomic E-state index is 12.8. The number of hydrogen-bond acceptors (Lipinski definition) is 4. The molecule has 124 valence electrons. The Morgan fingerprint density at radius 1 is 1.33 bits per heavy atom. The molecule has 1 aromatic carbocycles. The number of nitrogens with one attached hydrogen (secondary N) is 1. The van der Waals surface area contributed by atoms with Gasteiger partial charge in [0.2, 0.25) is 0 Å². The first kappa shape index (κ1) is 14.7. The van der Waals surface area contributed by atoms with E-state index in [9.17, 15) is 9.59 Å². The zero-order valence-corrected chi connectivity index (χ0v) is 13.3. The van der Waals surface area contributed by atoms with Crippen molar-refractivity contribution in [3.8, 4) is 5.69 Å². The van der Waals surface area contributed by atoms with E-state index < -0.39 is 0 Å². The number of hydrogen-bond donors (Lipinski definition) is 1. The summed E-state index contributed by atoms with van der Waals surface area (Å²) in [5.41, 5.74) is 2.52. The molecule has 4 rings (SSSR count). The summed E-state index contributed by atoms with van der Waals surface area (Å²) in [7, 11) is 0. The second-order valence-electron chi connectivity index (χ2n) is 6.13. The highest BCUT2D eigenvalue weighted by atomic mass is 16.2. The van der Waals surface area contributed by atoms with Crippen LogP contribution in [0.15, 0.2) is 30.9 Å². The molecule has 2 fully saturated rings. The third kappa shape index (κ3) is 2.40. The van der Waals surface area contributed by atoms with Crippen LogP contribution >= 0.6 is 0 Å². The largest absolute Gasteiger partial charge is 0.336 e. The molecule has 1 atom stereocenters. The number of benzene rings is 1. The van der Waals surface area contributed by atoms with Crippen molar-refractivity contribution >= 4 is 11.9 Å². The number of carbonyl (C=O) groups is 2. The average Bonchev–Trinajstić information content (AvgIpc) is 3.24. The van der Waals surface area contributed by atoms with Crippen molar-refractivity contribution in [3.63, 3.8) is 0 Å². The molecule has 3 heterocycles. The molecule has 2 aliphatic heterocycles. The molecule has 3 amide bonds. The summed E-state index contributed by atoms with van der Waals surface area (Å²) in [5.74, 6) is 0.00207. The monoisotopic (exact) mass is 326 g/mol. The fourth-order valence-corrected chi connectivity index (χ4v) is 3.35. The normalized spacial score (nSPS) is 20.0. The van der Waals surface area contributed by atoms with E-state index in [0.717, 1.165) is 11.3 Å². The van der Waals surface area contributed by atoms with Gasteiger partial charge in [0.05, 0.1) is 11.7 Å². The summed E-state index contributed by atoms with van der Waals surface area (Å²) in [6.07, 6.45) is 3.11. The average molecular weight is 326 g/mol. The summed E-state index contributed by atoms with van der Waals surface area (Å²) >= 11 is 0. The summed E-state index contributed by atoms with van der Waals surface area (Å²) in [4.78, 5) is 32.0. The van der Waals surface area contributed by atoms with Gasteiger partial charge in [0.25, 0.3) is 5.91 Å². The number of aryl methyl sites for hydroxylation is 1. The number of aromatic nitrogens is 3. The number of fused-ring (bicyclic) bond motifs is 1. The van der Waals surface area contributed by atoms with E-state index in [1.165, 1.54) is 6.33 Å². The van der Waals surface area contributed by atoms with E-state index >= 15 is 0 Å². The van der Waals surface area contributed by atoms with Gasteiger partial charge in [-0.15, -0.1) is 0 Å². The second-order valence-corrected chi connectivity index (χ2v) is 6.13. The SMILES string of the molecule is Cc1cc(C(=O)N2CCN3C(=O)NCC3C2)ccc1-n1cncn1. The van der Waals surface area contributed by atoms with Crippen LogP contribution in [-0.4, -0.2) is 68.7 Å². The highest BCUT2D eigenvalue weighted by Crippen LogP contribution is 2.19. The smallest absolute Gasteiger partial charge is 0.317 e. The van der Waals surface area contributed by atoms with Crippen LogP contribution in [0.2, 0.25) is 0 Å². The maximum absolute atomic E-state index is 12.8. The van der Waals surface area contributed by atoms with Crippen molar-refractivity contribution < 1.29 is 9.59 Å². The van der Waals surface area contributed by atoms with Crippen LogP contribution in [0.5, 0.6) is 0 Å². The first-order valence-corrected chi connectivity index (χ1v) is 7.93. The van der Waals surface area contributed by atoms with E-state index in [1.54, 1.807) is 11.0 Å². The van der Waals surface area contributed by atoms with E-state index in [4.69, 9.17) is 0 Å². The third-order valence-electron chi connectivity index (χ3n) is 4.63. The maximum Gasteiger partial charge on any atom is 0.317 e. The van der Waals surface area contributed by atoms with Crippen molar-refractivity contribution in [2.24, 2.45) is 0 Å². The predicted molar refractivity (Wildman–Crippen MR) is 85.9 cm³/mol. The van der Waals surface area contributed by atoms with E-state index in [1.807, 2.05) is 34.9 Å². The molecule has 2 aromatic rings. The van der Waals surface area contributed by atoms with Crippen molar-refractivity contribution in [1.29, 1.82) is 0 Å². The molecule has 2 saturated heterocycles. The van der Waals surface area contributed by atoms with Gasteiger partial charge in [-0.05, 0) is 30.7 Å². The van der Waals surface area contributed by atoms with Crippen molar-refractivity contribution in [3.05, 3.63) is 42.0 Å². The Bertz CT molecular complexity index is 788. The Balaban J connectivity index is 1.53. The minimum Gasteiger partial charge on any atom is -0.336 e. The molecule has 24 heavy (non-hydrogen) atoms. The Labute approximate surface area is 139 Å². The molecule has 0 spiro atoms. The number of piperazine rings is 1. The molecule has 0 aliphatic carbocycles. The number of carbonyl (C=O) groups excluding carboxylic acids is 2. The fourth-order valence-electron chi connectivity index (χ4n) is 3.35. The van der Waals surface area contributed by atoms with Gasteiger partial charge in [-0.2, -0.15) is 5.10 Å². The van der Waals surface area contributed by atoms with Crippen LogP contribution in [0.25, 0.3) is 5.69 Å². The molecule has 1 aromatic heterocycles. The summed E-state index contributed by atoms with van der Waals surface area (Å²) < 4.78 is 1.68. The van der Waals surface area contributed by atoms with Crippen molar-refractivity contribution in [2.75, 3.05) is 26.2 Å². The number of urea groups is 1. The Morgan fingerprint density at radius 3 is 2.96 bits per heavy atom. The molecule has 8 heteroatoms. The number of amides is 3. The second kappa shape index (κ2) is 5.63. The van der Waals surface area contributed by atoms with Gasteiger partial charge >= 0.3 is 6.03 Å². The number of nitrogens with zero attached hydrogens (tertiary/aromatic N) is 5. The van der Waals surface area contributed by atoms with Crippen LogP contribution in [0, 0.1) is 6.92 Å². The Kier molecular flexibility index (Phi) is 3.44. The molecular weight excluding hydrogens is 308 g/mol. The standard InChI is InChI=1S/C16H18N6O2/c1-11-6-12(2-3-14(11)22-10-17-9-19-22)15(23)20-4-5-21-13(8-20)7-18-16(21)24/h2-3,6,9-10,13H,4-5,7-8H2,1H3,(H,18,24). The zero-order valence-electron chi connectivity index (χ0n) is 13.3. The first-order chi connectivity index (χ1) is 11.6.